The van der Waals surface area contributed by atoms with Crippen LogP contribution in [0.4, 0.5) is 5.82 Å². The van der Waals surface area contributed by atoms with Crippen molar-refractivity contribution in [1.29, 1.82) is 0 Å². The molecule has 4 aromatic rings. The number of hydrogen-bond donors (Lipinski definition) is 1. The standard InChI is InChI=1S/C34H40N6OS/c1-34(2,3)30-23-31(40-21-19-39(20-22-40)24-26-9-5-4-6-10-26)38-33(37-30)42-25-27-12-14-28(15-13-27)32(41)36-18-16-29-11-7-8-17-35-29/h4-15,17,23H,16,18-22,24-25H2,1-3H3,(H,36,41). The summed E-state index contributed by atoms with van der Waals surface area (Å²) >= 11 is 1.64. The Kier molecular flexibility index (Phi) is 9.87. The third kappa shape index (κ3) is 8.39. The molecule has 42 heavy (non-hydrogen) atoms. The number of nitrogens with zero attached hydrogens (tertiary/aromatic N) is 5. The number of amides is 1. The zero-order chi connectivity index (χ0) is 29.4. The summed E-state index contributed by atoms with van der Waals surface area (Å²) in [5.74, 6) is 1.67. The summed E-state index contributed by atoms with van der Waals surface area (Å²) < 4.78 is 0. The van der Waals surface area contributed by atoms with Crippen molar-refractivity contribution >= 4 is 23.5 Å². The van der Waals surface area contributed by atoms with Crippen LogP contribution in [0.2, 0.25) is 0 Å². The molecule has 2 aromatic heterocycles. The lowest BCUT2D eigenvalue weighted by Crippen LogP contribution is -2.46. The van der Waals surface area contributed by atoms with Crippen LogP contribution in [0.1, 0.15) is 53.6 Å². The molecule has 0 atom stereocenters. The molecule has 1 aliphatic rings. The third-order valence-corrected chi connectivity index (χ3v) is 8.30. The van der Waals surface area contributed by atoms with Crippen LogP contribution in [0.15, 0.2) is 90.2 Å². The minimum Gasteiger partial charge on any atom is -0.354 e. The van der Waals surface area contributed by atoms with Gasteiger partial charge >= 0.3 is 0 Å². The molecule has 0 unspecified atom stereocenters. The second-order valence-electron chi connectivity index (χ2n) is 11.7. The Balaban J connectivity index is 1.17. The van der Waals surface area contributed by atoms with Crippen molar-refractivity contribution in [3.63, 3.8) is 0 Å². The van der Waals surface area contributed by atoms with Crippen LogP contribution in [0.25, 0.3) is 0 Å². The highest BCUT2D eigenvalue weighted by atomic mass is 32.2. The number of pyridine rings is 1. The quantitative estimate of drug-likeness (QED) is 0.189. The van der Waals surface area contributed by atoms with Gasteiger partial charge in [-0.1, -0.05) is 81.1 Å². The first kappa shape index (κ1) is 29.7. The molecule has 1 N–H and O–H groups in total. The molecule has 0 saturated carbocycles. The highest BCUT2D eigenvalue weighted by Crippen LogP contribution is 2.29. The number of anilines is 1. The van der Waals surface area contributed by atoms with Crippen LogP contribution < -0.4 is 10.2 Å². The fourth-order valence-corrected chi connectivity index (χ4v) is 5.66. The van der Waals surface area contributed by atoms with Crippen molar-refractivity contribution in [1.82, 2.24) is 25.2 Å². The average Bonchev–Trinajstić information content (AvgIpc) is 3.01. The summed E-state index contributed by atoms with van der Waals surface area (Å²) in [7, 11) is 0. The number of benzene rings is 2. The van der Waals surface area contributed by atoms with Gasteiger partial charge in [-0.2, -0.15) is 0 Å². The zero-order valence-corrected chi connectivity index (χ0v) is 25.6. The van der Waals surface area contributed by atoms with Gasteiger partial charge < -0.3 is 10.2 Å². The number of carbonyl (C=O) groups excluding carboxylic acids is 1. The highest BCUT2D eigenvalue weighted by molar-refractivity contribution is 7.98. The normalized spacial score (nSPS) is 14.1. The second kappa shape index (κ2) is 13.9. The maximum Gasteiger partial charge on any atom is 0.251 e. The van der Waals surface area contributed by atoms with Gasteiger partial charge in [-0.05, 0) is 35.4 Å². The predicted octanol–water partition coefficient (Wildman–Crippen LogP) is 5.76. The average molecular weight is 581 g/mol. The summed E-state index contributed by atoms with van der Waals surface area (Å²) in [6.07, 6.45) is 2.48. The van der Waals surface area contributed by atoms with Gasteiger partial charge in [-0.25, -0.2) is 9.97 Å². The van der Waals surface area contributed by atoms with Gasteiger partial charge in [-0.3, -0.25) is 14.7 Å². The van der Waals surface area contributed by atoms with E-state index in [1.165, 1.54) is 5.56 Å². The first-order valence-corrected chi connectivity index (χ1v) is 15.6. The van der Waals surface area contributed by atoms with Crippen LogP contribution in [-0.2, 0) is 24.1 Å². The Bertz CT molecular complexity index is 1430. The number of nitrogens with one attached hydrogen (secondary N) is 1. The van der Waals surface area contributed by atoms with E-state index in [4.69, 9.17) is 9.97 Å². The van der Waals surface area contributed by atoms with Crippen molar-refractivity contribution in [2.45, 2.75) is 50.1 Å². The molecule has 1 aliphatic heterocycles. The fourth-order valence-electron chi connectivity index (χ4n) is 4.85. The molecule has 5 rings (SSSR count). The molecule has 1 saturated heterocycles. The smallest absolute Gasteiger partial charge is 0.251 e. The van der Waals surface area contributed by atoms with E-state index in [1.54, 1.807) is 18.0 Å². The number of rotatable bonds is 10. The van der Waals surface area contributed by atoms with Crippen LogP contribution in [0.5, 0.6) is 0 Å². The molecular weight excluding hydrogens is 540 g/mol. The van der Waals surface area contributed by atoms with Crippen molar-refractivity contribution in [3.8, 4) is 0 Å². The van der Waals surface area contributed by atoms with E-state index < -0.39 is 0 Å². The van der Waals surface area contributed by atoms with Gasteiger partial charge in [0.15, 0.2) is 5.16 Å². The number of piperazine rings is 1. The van der Waals surface area contributed by atoms with Crippen LogP contribution in [-0.4, -0.2) is 58.5 Å². The Hall–Kier alpha value is -3.75. The largest absolute Gasteiger partial charge is 0.354 e. The van der Waals surface area contributed by atoms with Gasteiger partial charge in [0.05, 0.1) is 5.69 Å². The monoisotopic (exact) mass is 580 g/mol. The van der Waals surface area contributed by atoms with Crippen molar-refractivity contribution in [2.75, 3.05) is 37.6 Å². The van der Waals surface area contributed by atoms with E-state index >= 15 is 0 Å². The van der Waals surface area contributed by atoms with E-state index in [0.29, 0.717) is 18.5 Å². The van der Waals surface area contributed by atoms with Gasteiger partial charge in [0.25, 0.3) is 5.91 Å². The van der Waals surface area contributed by atoms with Crippen LogP contribution in [0, 0.1) is 0 Å². The highest BCUT2D eigenvalue weighted by Gasteiger charge is 2.23. The molecular formula is C34H40N6OS. The second-order valence-corrected chi connectivity index (χ2v) is 12.6. The minimum absolute atomic E-state index is 0.0696. The van der Waals surface area contributed by atoms with Crippen molar-refractivity contribution in [2.24, 2.45) is 0 Å². The summed E-state index contributed by atoms with van der Waals surface area (Å²) in [6.45, 7) is 12.1. The number of hydrogen-bond acceptors (Lipinski definition) is 7. The number of aromatic nitrogens is 3. The lowest BCUT2D eigenvalue weighted by atomic mass is 9.92. The molecule has 3 heterocycles. The molecule has 8 heteroatoms. The molecule has 0 aliphatic carbocycles. The van der Waals surface area contributed by atoms with E-state index in [9.17, 15) is 4.79 Å². The van der Waals surface area contributed by atoms with Crippen molar-refractivity contribution in [3.05, 3.63) is 113 Å². The maximum absolute atomic E-state index is 12.6. The van der Waals surface area contributed by atoms with Crippen LogP contribution in [0.3, 0.4) is 0 Å². The van der Waals surface area contributed by atoms with E-state index in [1.807, 2.05) is 42.5 Å². The van der Waals surface area contributed by atoms with Gasteiger partial charge in [0.2, 0.25) is 0 Å². The summed E-state index contributed by atoms with van der Waals surface area (Å²) in [5, 5.41) is 3.78. The number of carbonyl (C=O) groups is 1. The topological polar surface area (TPSA) is 74.2 Å². The molecule has 1 amide bonds. The lowest BCUT2D eigenvalue weighted by molar-refractivity contribution is 0.0954. The fraction of sp³-hybridized carbons (Fsp3) is 0.353. The Morgan fingerprint density at radius 1 is 0.881 bits per heavy atom. The van der Waals surface area contributed by atoms with E-state index in [2.05, 4.69) is 77.3 Å². The molecule has 0 spiro atoms. The van der Waals surface area contributed by atoms with Gasteiger partial charge in [0, 0.05) is 80.4 Å². The third-order valence-electron chi connectivity index (χ3n) is 7.38. The summed E-state index contributed by atoms with van der Waals surface area (Å²) in [5.41, 5.74) is 5.09. The maximum atomic E-state index is 12.6. The first-order chi connectivity index (χ1) is 20.3. The molecule has 218 valence electrons. The number of thioether (sulfide) groups is 1. The molecule has 0 bridgehead atoms. The van der Waals surface area contributed by atoms with Crippen LogP contribution >= 0.6 is 11.8 Å². The summed E-state index contributed by atoms with van der Waals surface area (Å²) in [6, 6.07) is 26.5. The zero-order valence-electron chi connectivity index (χ0n) is 24.8. The van der Waals surface area contributed by atoms with Crippen molar-refractivity contribution < 1.29 is 4.79 Å². The minimum atomic E-state index is -0.0757. The predicted molar refractivity (Wildman–Crippen MR) is 171 cm³/mol. The molecule has 1 fully saturated rings. The van der Waals surface area contributed by atoms with Gasteiger partial charge in [-0.15, -0.1) is 0 Å². The molecule has 7 nitrogen and oxygen atoms in total. The van der Waals surface area contributed by atoms with E-state index in [0.717, 1.165) is 66.4 Å². The molecule has 0 radical (unpaired) electrons. The summed E-state index contributed by atoms with van der Waals surface area (Å²) in [4.78, 5) is 31.7. The first-order valence-electron chi connectivity index (χ1n) is 14.6. The van der Waals surface area contributed by atoms with Gasteiger partial charge in [0.1, 0.15) is 5.82 Å². The Morgan fingerprint density at radius 3 is 2.31 bits per heavy atom. The lowest BCUT2D eigenvalue weighted by Gasteiger charge is -2.36. The Labute approximate surface area is 253 Å². The van der Waals surface area contributed by atoms with E-state index in [-0.39, 0.29) is 11.3 Å². The Morgan fingerprint density at radius 2 is 1.62 bits per heavy atom. The molecule has 2 aromatic carbocycles. The SMILES string of the molecule is CC(C)(C)c1cc(N2CCN(Cc3ccccc3)CC2)nc(SCc2ccc(C(=O)NCCc3ccccn3)cc2)n1.